The number of carboxylic acids is 1. The first-order valence-corrected chi connectivity index (χ1v) is 4.15. The highest BCUT2D eigenvalue weighted by molar-refractivity contribution is 5.83. The Morgan fingerprint density at radius 3 is 2.62 bits per heavy atom. The Kier molecular flexibility index (Phi) is 5.59. The van der Waals surface area contributed by atoms with Gasteiger partial charge < -0.3 is 9.84 Å². The summed E-state index contributed by atoms with van der Waals surface area (Å²) in [4.78, 5) is 20.9. The Balaban J connectivity index is 3.73. The summed E-state index contributed by atoms with van der Waals surface area (Å²) < 4.78 is 4.86. The van der Waals surface area contributed by atoms with Gasteiger partial charge in [-0.3, -0.25) is 4.79 Å². The van der Waals surface area contributed by atoms with E-state index in [1.807, 2.05) is 6.92 Å². The molecule has 74 valence electrons. The number of esters is 1. The van der Waals surface area contributed by atoms with Crippen molar-refractivity contribution >= 4 is 11.9 Å². The second-order valence-corrected chi connectivity index (χ2v) is 2.66. The van der Waals surface area contributed by atoms with Crippen LogP contribution in [0.25, 0.3) is 0 Å². The second-order valence-electron chi connectivity index (χ2n) is 2.66. The third-order valence-corrected chi connectivity index (χ3v) is 1.44. The van der Waals surface area contributed by atoms with E-state index in [0.717, 1.165) is 12.5 Å². The van der Waals surface area contributed by atoms with Crippen LogP contribution in [0.5, 0.6) is 0 Å². The van der Waals surface area contributed by atoms with Gasteiger partial charge >= 0.3 is 11.9 Å². The van der Waals surface area contributed by atoms with Crippen LogP contribution in [0.3, 0.4) is 0 Å². The maximum Gasteiger partial charge on any atom is 0.330 e. The molecule has 4 nitrogen and oxygen atoms in total. The van der Waals surface area contributed by atoms with Crippen LogP contribution in [-0.4, -0.2) is 23.1 Å². The van der Waals surface area contributed by atoms with Crippen LogP contribution in [0.4, 0.5) is 0 Å². The predicted octanol–water partition coefficient (Wildman–Crippen LogP) is 1.36. The van der Waals surface area contributed by atoms with Crippen molar-refractivity contribution in [1.29, 1.82) is 0 Å². The summed E-state index contributed by atoms with van der Waals surface area (Å²) in [5.41, 5.74) is 0. The highest BCUT2D eigenvalue weighted by Crippen LogP contribution is 1.97. The number of ether oxygens (including phenoxy) is 1. The molecule has 0 aliphatic heterocycles. The van der Waals surface area contributed by atoms with Gasteiger partial charge in [0, 0.05) is 6.08 Å². The first-order valence-electron chi connectivity index (χ1n) is 4.15. The quantitative estimate of drug-likeness (QED) is 0.520. The van der Waals surface area contributed by atoms with Crippen molar-refractivity contribution in [3.8, 4) is 0 Å². The summed E-state index contributed by atoms with van der Waals surface area (Å²) >= 11 is 0. The summed E-state index contributed by atoms with van der Waals surface area (Å²) in [6, 6.07) is 0. The fourth-order valence-electron chi connectivity index (χ4n) is 0.577. The molecule has 4 heteroatoms. The van der Waals surface area contributed by atoms with Crippen molar-refractivity contribution in [2.24, 2.45) is 0 Å². The van der Waals surface area contributed by atoms with Gasteiger partial charge in [0.05, 0.1) is 12.5 Å². The van der Waals surface area contributed by atoms with E-state index >= 15 is 0 Å². The molecule has 0 saturated carbocycles. The van der Waals surface area contributed by atoms with Crippen molar-refractivity contribution in [1.82, 2.24) is 0 Å². The number of carboxylic acid groups (broad SMARTS) is 1. The Labute approximate surface area is 77.2 Å². The fraction of sp³-hybridized carbons (Fsp3) is 0.556. The van der Waals surface area contributed by atoms with Crippen molar-refractivity contribution in [2.75, 3.05) is 0 Å². The van der Waals surface area contributed by atoms with Crippen molar-refractivity contribution in [2.45, 2.75) is 32.8 Å². The van der Waals surface area contributed by atoms with Crippen molar-refractivity contribution in [3.05, 3.63) is 12.2 Å². The molecule has 0 aromatic carbocycles. The Hall–Kier alpha value is -1.32. The molecule has 0 spiro atoms. The normalized spacial score (nSPS) is 12.8. The molecule has 1 atom stereocenters. The molecule has 0 fully saturated rings. The third-order valence-electron chi connectivity index (χ3n) is 1.44. The first-order chi connectivity index (χ1) is 6.06. The SMILES string of the molecule is CCC(C)OC(=O)/C=C/CC(=O)O. The zero-order valence-electron chi connectivity index (χ0n) is 7.82. The number of carbonyl (C=O) groups is 2. The molecule has 0 amide bonds. The molecular weight excluding hydrogens is 172 g/mol. The van der Waals surface area contributed by atoms with Crippen LogP contribution in [0.2, 0.25) is 0 Å². The van der Waals surface area contributed by atoms with E-state index < -0.39 is 11.9 Å². The molecule has 0 bridgehead atoms. The highest BCUT2D eigenvalue weighted by Gasteiger charge is 2.03. The van der Waals surface area contributed by atoms with E-state index in [0.29, 0.717) is 0 Å². The summed E-state index contributed by atoms with van der Waals surface area (Å²) in [7, 11) is 0. The molecule has 0 aliphatic rings. The van der Waals surface area contributed by atoms with Crippen molar-refractivity contribution < 1.29 is 19.4 Å². The molecule has 0 saturated heterocycles. The first kappa shape index (κ1) is 11.7. The Morgan fingerprint density at radius 2 is 2.15 bits per heavy atom. The number of aliphatic carboxylic acids is 1. The van der Waals surface area contributed by atoms with Gasteiger partial charge in [-0.05, 0) is 13.3 Å². The van der Waals surface area contributed by atoms with Gasteiger partial charge in [0.2, 0.25) is 0 Å². The lowest BCUT2D eigenvalue weighted by Crippen LogP contribution is -2.11. The highest BCUT2D eigenvalue weighted by atomic mass is 16.5. The van der Waals surface area contributed by atoms with Crippen LogP contribution in [0.1, 0.15) is 26.7 Å². The van der Waals surface area contributed by atoms with Crippen molar-refractivity contribution in [3.63, 3.8) is 0 Å². The topological polar surface area (TPSA) is 63.6 Å². The maximum absolute atomic E-state index is 10.9. The fourth-order valence-corrected chi connectivity index (χ4v) is 0.577. The van der Waals surface area contributed by atoms with E-state index in [9.17, 15) is 9.59 Å². The third kappa shape index (κ3) is 7.05. The molecule has 0 aliphatic carbocycles. The number of carbonyl (C=O) groups excluding carboxylic acids is 1. The largest absolute Gasteiger partial charge is 0.481 e. The summed E-state index contributed by atoms with van der Waals surface area (Å²) in [5.74, 6) is -1.46. The zero-order chi connectivity index (χ0) is 10.3. The molecule has 0 heterocycles. The van der Waals surface area contributed by atoms with Gasteiger partial charge in [-0.15, -0.1) is 0 Å². The summed E-state index contributed by atoms with van der Waals surface area (Å²) in [5, 5.41) is 8.25. The maximum atomic E-state index is 10.9. The van der Waals surface area contributed by atoms with Crippen LogP contribution < -0.4 is 0 Å². The molecule has 1 N–H and O–H groups in total. The Morgan fingerprint density at radius 1 is 1.54 bits per heavy atom. The summed E-state index contributed by atoms with van der Waals surface area (Å²) in [6.45, 7) is 3.68. The van der Waals surface area contributed by atoms with Crippen LogP contribution >= 0.6 is 0 Å². The standard InChI is InChI=1S/C9H14O4/c1-3-7(2)13-9(12)6-4-5-8(10)11/h4,6-7H,3,5H2,1-2H3,(H,10,11)/b6-4+. The van der Waals surface area contributed by atoms with E-state index in [-0.39, 0.29) is 12.5 Å². The minimum absolute atomic E-state index is 0.123. The molecular formula is C9H14O4. The lowest BCUT2D eigenvalue weighted by molar-refractivity contribution is -0.142. The molecule has 0 rings (SSSR count). The summed E-state index contributed by atoms with van der Waals surface area (Å²) in [6.07, 6.45) is 2.88. The molecule has 1 unspecified atom stereocenters. The van der Waals surface area contributed by atoms with E-state index in [2.05, 4.69) is 0 Å². The van der Waals surface area contributed by atoms with E-state index in [4.69, 9.17) is 9.84 Å². The number of hydrogen-bond donors (Lipinski definition) is 1. The van der Waals surface area contributed by atoms with Crippen LogP contribution in [0.15, 0.2) is 12.2 Å². The number of rotatable bonds is 5. The van der Waals surface area contributed by atoms with Gasteiger partial charge in [-0.1, -0.05) is 13.0 Å². The lowest BCUT2D eigenvalue weighted by Gasteiger charge is -2.07. The van der Waals surface area contributed by atoms with E-state index in [1.165, 1.54) is 6.08 Å². The van der Waals surface area contributed by atoms with Gasteiger partial charge in [-0.25, -0.2) is 4.79 Å². The van der Waals surface area contributed by atoms with Gasteiger partial charge in [0.25, 0.3) is 0 Å². The van der Waals surface area contributed by atoms with Crippen LogP contribution in [0, 0.1) is 0 Å². The lowest BCUT2D eigenvalue weighted by atomic mass is 10.3. The number of hydrogen-bond acceptors (Lipinski definition) is 3. The molecule has 13 heavy (non-hydrogen) atoms. The minimum atomic E-state index is -0.965. The predicted molar refractivity (Wildman–Crippen MR) is 47.2 cm³/mol. The average molecular weight is 186 g/mol. The molecule has 0 aromatic heterocycles. The second kappa shape index (κ2) is 6.22. The Bertz CT molecular complexity index is 208. The monoisotopic (exact) mass is 186 g/mol. The van der Waals surface area contributed by atoms with Crippen LogP contribution in [-0.2, 0) is 14.3 Å². The van der Waals surface area contributed by atoms with E-state index in [1.54, 1.807) is 6.92 Å². The molecule has 0 radical (unpaired) electrons. The molecule has 0 aromatic rings. The smallest absolute Gasteiger partial charge is 0.330 e. The zero-order valence-corrected chi connectivity index (χ0v) is 7.82. The van der Waals surface area contributed by atoms with Gasteiger partial charge in [0.15, 0.2) is 0 Å². The average Bonchev–Trinajstić information content (AvgIpc) is 2.03. The minimum Gasteiger partial charge on any atom is -0.481 e. The van der Waals surface area contributed by atoms with Gasteiger partial charge in [0.1, 0.15) is 0 Å². The van der Waals surface area contributed by atoms with Gasteiger partial charge in [-0.2, -0.15) is 0 Å².